The van der Waals surface area contributed by atoms with Crippen molar-refractivity contribution in [2.75, 3.05) is 6.61 Å². The van der Waals surface area contributed by atoms with Gasteiger partial charge in [-0.15, -0.1) is 0 Å². The first-order valence-electron chi connectivity index (χ1n) is 7.86. The summed E-state index contributed by atoms with van der Waals surface area (Å²) in [6.07, 6.45) is 0. The van der Waals surface area contributed by atoms with Gasteiger partial charge >= 0.3 is 11.9 Å². The molecule has 6 heteroatoms. The molecular weight excluding hydrogens is 322 g/mol. The summed E-state index contributed by atoms with van der Waals surface area (Å²) in [5, 5.41) is 0. The van der Waals surface area contributed by atoms with Crippen LogP contribution in [0.3, 0.4) is 0 Å². The third kappa shape index (κ3) is 6.63. The smallest absolute Gasteiger partial charge is 0.357 e. The third-order valence-corrected chi connectivity index (χ3v) is 2.90. The highest BCUT2D eigenvalue weighted by Crippen LogP contribution is 2.11. The fourth-order valence-corrected chi connectivity index (χ4v) is 1.91. The number of rotatable bonds is 6. The molecule has 0 fully saturated rings. The number of nitrogens with zero attached hydrogens (tertiary/aromatic N) is 1. The van der Waals surface area contributed by atoms with Gasteiger partial charge in [0.1, 0.15) is 12.2 Å². The average molecular weight is 343 g/mol. The standard InChI is InChI=1S/C19H21NO5/c1-19(2,3)25-17(21)13-23-16-11-7-10-15(20-16)18(22)24-12-14-8-5-4-6-9-14/h4-11H,12-13H2,1-3H3. The van der Waals surface area contributed by atoms with Gasteiger partial charge in [0.05, 0.1) is 0 Å². The van der Waals surface area contributed by atoms with E-state index in [0.29, 0.717) is 0 Å². The Balaban J connectivity index is 1.89. The molecule has 0 atom stereocenters. The summed E-state index contributed by atoms with van der Waals surface area (Å²) in [5.74, 6) is -0.919. The van der Waals surface area contributed by atoms with Crippen molar-refractivity contribution in [3.63, 3.8) is 0 Å². The molecule has 0 aliphatic heterocycles. The molecule has 0 saturated carbocycles. The van der Waals surface area contributed by atoms with Crippen LogP contribution in [0.4, 0.5) is 0 Å². The topological polar surface area (TPSA) is 74.7 Å². The highest BCUT2D eigenvalue weighted by atomic mass is 16.6. The van der Waals surface area contributed by atoms with E-state index < -0.39 is 17.5 Å². The Morgan fingerprint density at radius 3 is 2.40 bits per heavy atom. The van der Waals surface area contributed by atoms with E-state index in [9.17, 15) is 9.59 Å². The van der Waals surface area contributed by atoms with E-state index in [1.807, 2.05) is 30.3 Å². The Bertz CT molecular complexity index is 722. The molecule has 0 unspecified atom stereocenters. The van der Waals surface area contributed by atoms with Gasteiger partial charge in [0.15, 0.2) is 12.3 Å². The minimum absolute atomic E-state index is 0.109. The lowest BCUT2D eigenvalue weighted by molar-refractivity contribution is -0.157. The molecular formula is C19H21NO5. The number of esters is 2. The van der Waals surface area contributed by atoms with Crippen LogP contribution in [0.1, 0.15) is 36.8 Å². The van der Waals surface area contributed by atoms with Crippen LogP contribution < -0.4 is 4.74 Å². The first-order valence-corrected chi connectivity index (χ1v) is 7.86. The normalized spacial score (nSPS) is 10.8. The zero-order valence-corrected chi connectivity index (χ0v) is 14.5. The van der Waals surface area contributed by atoms with Crippen LogP contribution in [-0.4, -0.2) is 29.1 Å². The summed E-state index contributed by atoms with van der Waals surface area (Å²) in [6.45, 7) is 5.18. The van der Waals surface area contributed by atoms with Crippen LogP contribution in [0.25, 0.3) is 0 Å². The maximum Gasteiger partial charge on any atom is 0.357 e. The lowest BCUT2D eigenvalue weighted by atomic mass is 10.2. The predicted molar refractivity (Wildman–Crippen MR) is 91.1 cm³/mol. The summed E-state index contributed by atoms with van der Waals surface area (Å²) >= 11 is 0. The van der Waals surface area contributed by atoms with Crippen molar-refractivity contribution in [1.29, 1.82) is 0 Å². The molecule has 0 spiro atoms. The zero-order valence-electron chi connectivity index (χ0n) is 14.5. The first-order chi connectivity index (χ1) is 11.8. The fraction of sp³-hybridized carbons (Fsp3) is 0.316. The van der Waals surface area contributed by atoms with Crippen molar-refractivity contribution >= 4 is 11.9 Å². The van der Waals surface area contributed by atoms with E-state index in [1.165, 1.54) is 6.07 Å². The van der Waals surface area contributed by atoms with Crippen LogP contribution in [0.5, 0.6) is 5.88 Å². The Hall–Kier alpha value is -2.89. The third-order valence-electron chi connectivity index (χ3n) is 2.90. The van der Waals surface area contributed by atoms with Crippen LogP contribution in [0, 0.1) is 0 Å². The van der Waals surface area contributed by atoms with Crippen LogP contribution in [0.15, 0.2) is 48.5 Å². The van der Waals surface area contributed by atoms with Gasteiger partial charge in [0.25, 0.3) is 0 Å². The minimum Gasteiger partial charge on any atom is -0.466 e. The van der Waals surface area contributed by atoms with Crippen molar-refractivity contribution in [2.24, 2.45) is 0 Å². The van der Waals surface area contributed by atoms with E-state index in [-0.39, 0.29) is 24.8 Å². The van der Waals surface area contributed by atoms with Crippen LogP contribution >= 0.6 is 0 Å². The summed E-state index contributed by atoms with van der Waals surface area (Å²) in [5.41, 5.74) is 0.405. The molecule has 6 nitrogen and oxygen atoms in total. The van der Waals surface area contributed by atoms with Gasteiger partial charge in [-0.3, -0.25) is 0 Å². The maximum atomic E-state index is 12.1. The number of carbonyl (C=O) groups is 2. The quantitative estimate of drug-likeness (QED) is 0.750. The average Bonchev–Trinajstić information content (AvgIpc) is 2.57. The van der Waals surface area contributed by atoms with Crippen LogP contribution in [0.2, 0.25) is 0 Å². The second-order valence-corrected chi connectivity index (χ2v) is 6.30. The van der Waals surface area contributed by atoms with Crippen molar-refractivity contribution in [2.45, 2.75) is 33.0 Å². The number of ether oxygens (including phenoxy) is 3. The summed E-state index contributed by atoms with van der Waals surface area (Å²) in [4.78, 5) is 27.8. The number of hydrogen-bond acceptors (Lipinski definition) is 6. The Morgan fingerprint density at radius 1 is 1.00 bits per heavy atom. The van der Waals surface area contributed by atoms with E-state index in [0.717, 1.165) is 5.56 Å². The number of aromatic nitrogens is 1. The van der Waals surface area contributed by atoms with Gasteiger partial charge in [-0.25, -0.2) is 14.6 Å². The Morgan fingerprint density at radius 2 is 1.72 bits per heavy atom. The molecule has 2 rings (SSSR count). The van der Waals surface area contributed by atoms with Gasteiger partial charge in [0, 0.05) is 6.07 Å². The van der Waals surface area contributed by atoms with Gasteiger partial charge in [-0.05, 0) is 32.4 Å². The minimum atomic E-state index is -0.586. The molecule has 0 aliphatic carbocycles. The Kier molecular flexibility index (Phi) is 6.11. The maximum absolute atomic E-state index is 12.1. The van der Waals surface area contributed by atoms with Crippen LogP contribution in [-0.2, 0) is 20.9 Å². The highest BCUT2D eigenvalue weighted by molar-refractivity contribution is 5.87. The molecule has 0 bridgehead atoms. The second-order valence-electron chi connectivity index (χ2n) is 6.30. The Labute approximate surface area is 146 Å². The van der Waals surface area contributed by atoms with Crippen molar-refractivity contribution in [3.8, 4) is 5.88 Å². The molecule has 0 aliphatic rings. The molecule has 1 heterocycles. The number of hydrogen-bond donors (Lipinski definition) is 0. The number of benzene rings is 1. The summed E-state index contributed by atoms with van der Waals surface area (Å²) in [7, 11) is 0. The molecule has 1 aromatic carbocycles. The largest absolute Gasteiger partial charge is 0.466 e. The van der Waals surface area contributed by atoms with Gasteiger partial charge < -0.3 is 14.2 Å². The monoisotopic (exact) mass is 343 g/mol. The lowest BCUT2D eigenvalue weighted by Gasteiger charge is -2.19. The first kappa shape index (κ1) is 18.4. The SMILES string of the molecule is CC(C)(C)OC(=O)COc1cccc(C(=O)OCc2ccccc2)n1. The predicted octanol–water partition coefficient (Wildman–Crippen LogP) is 3.16. The highest BCUT2D eigenvalue weighted by Gasteiger charge is 2.17. The molecule has 132 valence electrons. The molecule has 0 N–H and O–H groups in total. The fourth-order valence-electron chi connectivity index (χ4n) is 1.91. The molecule has 0 amide bonds. The van der Waals surface area contributed by atoms with Gasteiger partial charge in [0.2, 0.25) is 5.88 Å². The van der Waals surface area contributed by atoms with Crippen molar-refractivity contribution in [3.05, 3.63) is 59.8 Å². The van der Waals surface area contributed by atoms with Crippen molar-refractivity contribution in [1.82, 2.24) is 4.98 Å². The molecule has 0 saturated heterocycles. The molecule has 2 aromatic rings. The molecule has 25 heavy (non-hydrogen) atoms. The zero-order chi connectivity index (χ0) is 18.3. The van der Waals surface area contributed by atoms with E-state index >= 15 is 0 Å². The van der Waals surface area contributed by atoms with Gasteiger partial charge in [-0.1, -0.05) is 36.4 Å². The molecule has 1 aromatic heterocycles. The van der Waals surface area contributed by atoms with E-state index in [1.54, 1.807) is 32.9 Å². The molecule has 0 radical (unpaired) electrons. The summed E-state index contributed by atoms with van der Waals surface area (Å²) in [6, 6.07) is 14.0. The van der Waals surface area contributed by atoms with E-state index in [4.69, 9.17) is 14.2 Å². The number of pyridine rings is 1. The van der Waals surface area contributed by atoms with Crippen molar-refractivity contribution < 1.29 is 23.8 Å². The number of carbonyl (C=O) groups excluding carboxylic acids is 2. The lowest BCUT2D eigenvalue weighted by Crippen LogP contribution is -2.27. The van der Waals surface area contributed by atoms with Gasteiger partial charge in [-0.2, -0.15) is 0 Å². The summed E-state index contributed by atoms with van der Waals surface area (Å²) < 4.78 is 15.6. The second kappa shape index (κ2) is 8.28. The van der Waals surface area contributed by atoms with E-state index in [2.05, 4.69) is 4.98 Å².